The molecule has 8 heteroatoms. The Morgan fingerprint density at radius 1 is 1.35 bits per heavy atom. The smallest absolute Gasteiger partial charge is 0.357 e. The second-order valence-electron chi connectivity index (χ2n) is 6.41. The summed E-state index contributed by atoms with van der Waals surface area (Å²) < 4.78 is 7.04. The van der Waals surface area contributed by atoms with E-state index in [0.717, 1.165) is 47.8 Å². The summed E-state index contributed by atoms with van der Waals surface area (Å²) >= 11 is 1.55. The number of fused-ring (bicyclic) bond motifs is 1. The summed E-state index contributed by atoms with van der Waals surface area (Å²) in [4.78, 5) is 27.7. The first-order valence-electron chi connectivity index (χ1n) is 8.81. The first-order valence-corrected chi connectivity index (χ1v) is 9.69. The van der Waals surface area contributed by atoms with Gasteiger partial charge in [-0.3, -0.25) is 0 Å². The number of imidazole rings is 1. The minimum absolute atomic E-state index is 0.335. The lowest BCUT2D eigenvalue weighted by Crippen LogP contribution is -2.33. The lowest BCUT2D eigenvalue weighted by Gasteiger charge is -2.32. The number of piperidine rings is 1. The molecule has 0 spiro atoms. The van der Waals surface area contributed by atoms with Crippen LogP contribution in [0.2, 0.25) is 0 Å². The van der Waals surface area contributed by atoms with E-state index in [1.807, 2.05) is 30.2 Å². The third kappa shape index (κ3) is 3.05. The standard InChI is InChI=1S/C18H21N5O2S/c1-3-25-18(24)13-10-26-17(21-13)12-5-8-23(9-6-12)16-15-14(4-7-19-16)22(2)11-20-15/h4,7,10-12H,3,5-6,8-9H2,1-2H3. The van der Waals surface area contributed by atoms with E-state index in [1.54, 1.807) is 23.6 Å². The third-order valence-electron chi connectivity index (χ3n) is 4.77. The van der Waals surface area contributed by atoms with E-state index in [9.17, 15) is 4.79 Å². The Balaban J connectivity index is 1.46. The van der Waals surface area contributed by atoms with Gasteiger partial charge >= 0.3 is 5.97 Å². The van der Waals surface area contributed by atoms with Crippen molar-refractivity contribution in [2.45, 2.75) is 25.7 Å². The third-order valence-corrected chi connectivity index (χ3v) is 5.78. The van der Waals surface area contributed by atoms with Crippen LogP contribution in [-0.4, -0.2) is 45.2 Å². The average Bonchev–Trinajstić information content (AvgIpc) is 3.30. The largest absolute Gasteiger partial charge is 0.461 e. The topological polar surface area (TPSA) is 73.1 Å². The normalized spacial score (nSPS) is 15.5. The molecular weight excluding hydrogens is 350 g/mol. The average molecular weight is 371 g/mol. The van der Waals surface area contributed by atoms with Crippen LogP contribution in [0, 0.1) is 0 Å². The molecule has 0 unspecified atom stereocenters. The molecule has 1 fully saturated rings. The minimum Gasteiger partial charge on any atom is -0.461 e. The van der Waals surface area contributed by atoms with Crippen molar-refractivity contribution in [1.29, 1.82) is 0 Å². The van der Waals surface area contributed by atoms with Crippen molar-refractivity contribution in [2.24, 2.45) is 7.05 Å². The highest BCUT2D eigenvalue weighted by Crippen LogP contribution is 2.33. The first kappa shape index (κ1) is 17.0. The summed E-state index contributed by atoms with van der Waals surface area (Å²) in [6.07, 6.45) is 5.65. The van der Waals surface area contributed by atoms with Gasteiger partial charge in [-0.1, -0.05) is 0 Å². The zero-order chi connectivity index (χ0) is 18.1. The van der Waals surface area contributed by atoms with Crippen LogP contribution in [0.15, 0.2) is 24.0 Å². The molecule has 26 heavy (non-hydrogen) atoms. The maximum atomic E-state index is 11.8. The van der Waals surface area contributed by atoms with Gasteiger partial charge in [0.05, 0.1) is 23.5 Å². The van der Waals surface area contributed by atoms with E-state index in [-0.39, 0.29) is 5.97 Å². The van der Waals surface area contributed by atoms with Crippen molar-refractivity contribution in [1.82, 2.24) is 19.5 Å². The molecule has 3 aromatic heterocycles. The first-order chi connectivity index (χ1) is 12.7. The van der Waals surface area contributed by atoms with Gasteiger partial charge in [-0.05, 0) is 25.8 Å². The molecule has 7 nitrogen and oxygen atoms in total. The van der Waals surface area contributed by atoms with E-state index in [2.05, 4.69) is 19.9 Å². The zero-order valence-electron chi connectivity index (χ0n) is 14.9. The van der Waals surface area contributed by atoms with Gasteiger partial charge in [0.15, 0.2) is 11.5 Å². The molecule has 1 aliphatic rings. The number of pyridine rings is 1. The Labute approximate surface area is 155 Å². The highest BCUT2D eigenvalue weighted by atomic mass is 32.1. The van der Waals surface area contributed by atoms with E-state index in [1.165, 1.54) is 0 Å². The number of anilines is 1. The van der Waals surface area contributed by atoms with Gasteiger partial charge in [-0.25, -0.2) is 19.7 Å². The number of esters is 1. The number of ether oxygens (including phenoxy) is 1. The maximum absolute atomic E-state index is 11.8. The van der Waals surface area contributed by atoms with Crippen LogP contribution in [0.5, 0.6) is 0 Å². The van der Waals surface area contributed by atoms with Crippen molar-refractivity contribution in [3.8, 4) is 0 Å². The Morgan fingerprint density at radius 3 is 2.92 bits per heavy atom. The molecule has 0 N–H and O–H groups in total. The summed E-state index contributed by atoms with van der Waals surface area (Å²) in [5.74, 6) is 0.994. The van der Waals surface area contributed by atoms with Crippen molar-refractivity contribution in [3.63, 3.8) is 0 Å². The van der Waals surface area contributed by atoms with Crippen LogP contribution in [-0.2, 0) is 11.8 Å². The second kappa shape index (κ2) is 7.03. The lowest BCUT2D eigenvalue weighted by molar-refractivity contribution is 0.0520. The van der Waals surface area contributed by atoms with Crippen LogP contribution in [0.3, 0.4) is 0 Å². The summed E-state index contributed by atoms with van der Waals surface area (Å²) in [5.41, 5.74) is 2.47. The van der Waals surface area contributed by atoms with E-state index in [4.69, 9.17) is 4.74 Å². The summed E-state index contributed by atoms with van der Waals surface area (Å²) in [6.45, 7) is 3.98. The predicted octanol–water partition coefficient (Wildman–Crippen LogP) is 2.99. The number of thiazole rings is 1. The molecule has 4 rings (SSSR count). The van der Waals surface area contributed by atoms with Gasteiger partial charge in [0.25, 0.3) is 0 Å². The molecule has 0 amide bonds. The molecule has 0 bridgehead atoms. The van der Waals surface area contributed by atoms with Gasteiger partial charge in [-0.2, -0.15) is 0 Å². The number of hydrogen-bond acceptors (Lipinski definition) is 7. The fourth-order valence-electron chi connectivity index (χ4n) is 3.39. The van der Waals surface area contributed by atoms with Crippen LogP contribution in [0.1, 0.15) is 41.2 Å². The van der Waals surface area contributed by atoms with Gasteiger partial charge in [-0.15, -0.1) is 11.3 Å². The quantitative estimate of drug-likeness (QED) is 0.657. The highest BCUT2D eigenvalue weighted by Gasteiger charge is 2.26. The maximum Gasteiger partial charge on any atom is 0.357 e. The van der Waals surface area contributed by atoms with Gasteiger partial charge in [0, 0.05) is 37.6 Å². The molecule has 0 aromatic carbocycles. The van der Waals surface area contributed by atoms with Crippen LogP contribution in [0.4, 0.5) is 5.82 Å². The lowest BCUT2D eigenvalue weighted by atomic mass is 9.97. The molecule has 0 radical (unpaired) electrons. The van der Waals surface area contributed by atoms with Crippen LogP contribution in [0.25, 0.3) is 11.0 Å². The molecule has 0 atom stereocenters. The van der Waals surface area contributed by atoms with Crippen LogP contribution >= 0.6 is 11.3 Å². The molecule has 4 heterocycles. The molecule has 136 valence electrons. The number of rotatable bonds is 4. The summed E-state index contributed by atoms with van der Waals surface area (Å²) in [5, 5.41) is 2.83. The Morgan fingerprint density at radius 2 is 2.15 bits per heavy atom. The number of hydrogen-bond donors (Lipinski definition) is 0. The van der Waals surface area contributed by atoms with E-state index < -0.39 is 0 Å². The molecule has 1 saturated heterocycles. The number of carbonyl (C=O) groups is 1. The highest BCUT2D eigenvalue weighted by molar-refractivity contribution is 7.09. The number of aromatic nitrogens is 4. The van der Waals surface area contributed by atoms with Gasteiger partial charge in [0.2, 0.25) is 0 Å². The fraction of sp³-hybridized carbons (Fsp3) is 0.444. The predicted molar refractivity (Wildman–Crippen MR) is 101 cm³/mol. The summed E-state index contributed by atoms with van der Waals surface area (Å²) in [7, 11) is 1.99. The zero-order valence-corrected chi connectivity index (χ0v) is 15.7. The Kier molecular flexibility index (Phi) is 4.58. The molecule has 0 aliphatic carbocycles. The minimum atomic E-state index is -0.335. The second-order valence-corrected chi connectivity index (χ2v) is 7.30. The monoisotopic (exact) mass is 371 g/mol. The molecule has 3 aromatic rings. The number of aryl methyl sites for hydroxylation is 1. The SMILES string of the molecule is CCOC(=O)c1csc(C2CCN(c3nccc4c3ncn4C)CC2)n1. The van der Waals surface area contributed by atoms with Crippen molar-refractivity contribution in [3.05, 3.63) is 34.7 Å². The van der Waals surface area contributed by atoms with Gasteiger partial charge in [0.1, 0.15) is 5.52 Å². The number of nitrogens with zero attached hydrogens (tertiary/aromatic N) is 5. The van der Waals surface area contributed by atoms with Crippen molar-refractivity contribution in [2.75, 3.05) is 24.6 Å². The summed E-state index contributed by atoms with van der Waals surface area (Å²) in [6, 6.07) is 1.99. The van der Waals surface area contributed by atoms with Crippen molar-refractivity contribution < 1.29 is 9.53 Å². The van der Waals surface area contributed by atoms with E-state index >= 15 is 0 Å². The van der Waals surface area contributed by atoms with Gasteiger partial charge < -0.3 is 14.2 Å². The Bertz CT molecular complexity index is 927. The molecule has 1 aliphatic heterocycles. The fourth-order valence-corrected chi connectivity index (χ4v) is 4.35. The number of carbonyl (C=O) groups excluding carboxylic acids is 1. The molecular formula is C18H21N5O2S. The molecule has 0 saturated carbocycles. The van der Waals surface area contributed by atoms with Crippen LogP contribution < -0.4 is 4.90 Å². The Hall–Kier alpha value is -2.48. The van der Waals surface area contributed by atoms with Crippen molar-refractivity contribution >= 4 is 34.2 Å². The van der Waals surface area contributed by atoms with E-state index in [0.29, 0.717) is 18.2 Å².